The van der Waals surface area contributed by atoms with Gasteiger partial charge in [-0.05, 0) is 26.0 Å². The van der Waals surface area contributed by atoms with Crippen LogP contribution < -0.4 is 5.32 Å². The third-order valence-corrected chi connectivity index (χ3v) is 2.29. The lowest BCUT2D eigenvalue weighted by Crippen LogP contribution is -2.34. The first kappa shape index (κ1) is 10.5. The van der Waals surface area contributed by atoms with Crippen molar-refractivity contribution in [3.8, 4) is 6.07 Å². The lowest BCUT2D eigenvalue weighted by atomic mass is 10.1. The van der Waals surface area contributed by atoms with Crippen LogP contribution in [0.3, 0.4) is 0 Å². The summed E-state index contributed by atoms with van der Waals surface area (Å²) in [6, 6.07) is 7.58. The van der Waals surface area contributed by atoms with E-state index >= 15 is 0 Å². The summed E-state index contributed by atoms with van der Waals surface area (Å²) in [6.45, 7) is 4.60. The second-order valence-corrected chi connectivity index (χ2v) is 4.33. The van der Waals surface area contributed by atoms with Crippen LogP contribution in [0.1, 0.15) is 19.5 Å². The third-order valence-electron chi connectivity index (χ3n) is 2.29. The highest BCUT2D eigenvalue weighted by Crippen LogP contribution is 2.23. The molecule has 2 heterocycles. The molecule has 0 bridgehead atoms. The molecule has 1 saturated heterocycles. The lowest BCUT2D eigenvalue weighted by molar-refractivity contribution is 0.238. The number of nitriles is 1. The zero-order chi connectivity index (χ0) is 11.6. The van der Waals surface area contributed by atoms with Crippen molar-refractivity contribution < 1.29 is 4.74 Å². The molecule has 1 N–H and O–H groups in total. The van der Waals surface area contributed by atoms with Gasteiger partial charge in [-0.3, -0.25) is 4.98 Å². The summed E-state index contributed by atoms with van der Waals surface area (Å²) in [4.78, 5) is 4.14. The smallest absolute Gasteiger partial charge is 0.207 e. The maximum Gasteiger partial charge on any atom is 0.207 e. The molecular weight excluding hydrogens is 202 g/mol. The Kier molecular flexibility index (Phi) is 2.53. The molecule has 0 atom stereocenters. The standard InChI is InChI=1S/C12H13N3O/c1-12(2)8-16-11(15-12)9(7-13)10-5-3-4-6-14-10/h3-6,15H,8H2,1-2H3/b11-9-. The highest BCUT2D eigenvalue weighted by molar-refractivity contribution is 5.76. The Bertz CT molecular complexity index is 457. The number of rotatable bonds is 1. The number of nitrogens with zero attached hydrogens (tertiary/aromatic N) is 2. The predicted octanol–water partition coefficient (Wildman–Crippen LogP) is 1.67. The minimum Gasteiger partial charge on any atom is -0.476 e. The maximum absolute atomic E-state index is 9.14. The van der Waals surface area contributed by atoms with Gasteiger partial charge >= 0.3 is 0 Å². The van der Waals surface area contributed by atoms with Gasteiger partial charge in [0.1, 0.15) is 18.2 Å². The maximum atomic E-state index is 9.14. The van der Waals surface area contributed by atoms with Crippen LogP contribution in [0.5, 0.6) is 0 Å². The van der Waals surface area contributed by atoms with Crippen molar-refractivity contribution in [3.63, 3.8) is 0 Å². The monoisotopic (exact) mass is 215 g/mol. The Morgan fingerprint density at radius 2 is 2.38 bits per heavy atom. The van der Waals surface area contributed by atoms with Gasteiger partial charge in [0.15, 0.2) is 0 Å². The van der Waals surface area contributed by atoms with Gasteiger partial charge in [-0.25, -0.2) is 0 Å². The van der Waals surface area contributed by atoms with Crippen LogP contribution in [0.4, 0.5) is 0 Å². The Morgan fingerprint density at radius 3 is 2.88 bits per heavy atom. The lowest BCUT2D eigenvalue weighted by Gasteiger charge is -2.13. The summed E-state index contributed by atoms with van der Waals surface area (Å²) < 4.78 is 5.48. The van der Waals surface area contributed by atoms with Crippen LogP contribution >= 0.6 is 0 Å². The van der Waals surface area contributed by atoms with Crippen molar-refractivity contribution in [1.82, 2.24) is 10.3 Å². The highest BCUT2D eigenvalue weighted by atomic mass is 16.5. The molecule has 0 saturated carbocycles. The summed E-state index contributed by atoms with van der Waals surface area (Å²) in [5.41, 5.74) is 0.947. The van der Waals surface area contributed by atoms with Gasteiger partial charge in [0.2, 0.25) is 5.88 Å². The van der Waals surface area contributed by atoms with Crippen LogP contribution in [-0.4, -0.2) is 17.1 Å². The number of allylic oxidation sites excluding steroid dienone is 1. The van der Waals surface area contributed by atoms with Crippen LogP contribution in [0.15, 0.2) is 30.3 Å². The topological polar surface area (TPSA) is 57.9 Å². The highest BCUT2D eigenvalue weighted by Gasteiger charge is 2.30. The molecule has 4 heteroatoms. The van der Waals surface area contributed by atoms with Crippen molar-refractivity contribution >= 4 is 5.57 Å². The molecule has 1 fully saturated rings. The van der Waals surface area contributed by atoms with Crippen molar-refractivity contribution in [1.29, 1.82) is 5.26 Å². The Labute approximate surface area is 94.6 Å². The molecule has 82 valence electrons. The molecule has 0 aliphatic carbocycles. The zero-order valence-electron chi connectivity index (χ0n) is 9.32. The first-order valence-electron chi connectivity index (χ1n) is 5.09. The summed E-state index contributed by atoms with van der Waals surface area (Å²) >= 11 is 0. The molecule has 1 aromatic heterocycles. The molecule has 16 heavy (non-hydrogen) atoms. The van der Waals surface area contributed by atoms with Crippen LogP contribution in [0.25, 0.3) is 5.57 Å². The van der Waals surface area contributed by atoms with E-state index in [4.69, 9.17) is 10.00 Å². The first-order chi connectivity index (χ1) is 7.62. The molecule has 0 aromatic carbocycles. The molecular formula is C12H13N3O. The van der Waals surface area contributed by atoms with E-state index < -0.39 is 0 Å². The van der Waals surface area contributed by atoms with Crippen molar-refractivity contribution in [2.24, 2.45) is 0 Å². The number of hydrogen-bond donors (Lipinski definition) is 1. The van der Waals surface area contributed by atoms with Crippen LogP contribution in [-0.2, 0) is 4.74 Å². The SMILES string of the molecule is CC1(C)CO/C(=C(/C#N)c2ccccn2)N1. The number of hydrogen-bond acceptors (Lipinski definition) is 4. The van der Waals surface area contributed by atoms with E-state index in [1.165, 1.54) is 0 Å². The summed E-state index contributed by atoms with van der Waals surface area (Å²) in [5.74, 6) is 0.520. The van der Waals surface area contributed by atoms with E-state index in [9.17, 15) is 0 Å². The van der Waals surface area contributed by atoms with Crippen LogP contribution in [0.2, 0.25) is 0 Å². The largest absolute Gasteiger partial charge is 0.476 e. The van der Waals surface area contributed by atoms with Crippen molar-refractivity contribution in [3.05, 3.63) is 36.0 Å². The average Bonchev–Trinajstić information content (AvgIpc) is 2.62. The van der Waals surface area contributed by atoms with Crippen molar-refractivity contribution in [2.75, 3.05) is 6.61 Å². The molecule has 0 unspecified atom stereocenters. The van der Waals surface area contributed by atoms with E-state index in [0.29, 0.717) is 23.8 Å². The zero-order valence-corrected chi connectivity index (χ0v) is 9.32. The molecule has 2 rings (SSSR count). The van der Waals surface area contributed by atoms with Gasteiger partial charge in [0.05, 0.1) is 11.2 Å². The normalized spacial score (nSPS) is 20.6. The second-order valence-electron chi connectivity index (χ2n) is 4.33. The van der Waals surface area contributed by atoms with Gasteiger partial charge < -0.3 is 10.1 Å². The Balaban J connectivity index is 2.39. The first-order valence-corrected chi connectivity index (χ1v) is 5.09. The summed E-state index contributed by atoms with van der Waals surface area (Å²) in [5, 5.41) is 12.3. The Morgan fingerprint density at radius 1 is 1.56 bits per heavy atom. The number of aromatic nitrogens is 1. The van der Waals surface area contributed by atoms with Crippen molar-refractivity contribution in [2.45, 2.75) is 19.4 Å². The number of pyridine rings is 1. The predicted molar refractivity (Wildman–Crippen MR) is 59.9 cm³/mol. The molecule has 0 radical (unpaired) electrons. The average molecular weight is 215 g/mol. The second kappa shape index (κ2) is 3.86. The minimum atomic E-state index is -0.133. The van der Waals surface area contributed by atoms with E-state index in [1.54, 1.807) is 12.3 Å². The minimum absolute atomic E-state index is 0.133. The third kappa shape index (κ3) is 1.98. The molecule has 0 amide bonds. The van der Waals surface area contributed by atoms with E-state index in [-0.39, 0.29) is 5.54 Å². The van der Waals surface area contributed by atoms with Gasteiger partial charge in [0.25, 0.3) is 0 Å². The van der Waals surface area contributed by atoms with Gasteiger partial charge in [-0.15, -0.1) is 0 Å². The number of nitrogens with one attached hydrogen (secondary N) is 1. The van der Waals surface area contributed by atoms with E-state index in [2.05, 4.69) is 16.4 Å². The number of ether oxygens (including phenoxy) is 1. The summed E-state index contributed by atoms with van der Waals surface area (Å²) in [6.07, 6.45) is 1.66. The van der Waals surface area contributed by atoms with E-state index in [1.807, 2.05) is 26.0 Å². The fourth-order valence-electron chi connectivity index (χ4n) is 1.50. The molecule has 4 nitrogen and oxygen atoms in total. The molecule has 1 aliphatic heterocycles. The quantitative estimate of drug-likeness (QED) is 0.724. The van der Waals surface area contributed by atoms with Gasteiger partial charge in [-0.1, -0.05) is 6.07 Å². The fraction of sp³-hybridized carbons (Fsp3) is 0.333. The molecule has 1 aliphatic rings. The fourth-order valence-corrected chi connectivity index (χ4v) is 1.50. The molecule has 1 aromatic rings. The van der Waals surface area contributed by atoms with Gasteiger partial charge in [-0.2, -0.15) is 5.26 Å². The summed E-state index contributed by atoms with van der Waals surface area (Å²) in [7, 11) is 0. The van der Waals surface area contributed by atoms with Gasteiger partial charge in [0, 0.05) is 6.20 Å². The molecule has 0 spiro atoms. The van der Waals surface area contributed by atoms with E-state index in [0.717, 1.165) is 0 Å². The van der Waals surface area contributed by atoms with Crippen LogP contribution in [0, 0.1) is 11.3 Å². The Hall–Kier alpha value is -2.02.